The maximum atomic E-state index is 5.82. The third kappa shape index (κ3) is 2.34. The number of tetrazole rings is 1. The molecule has 3 aromatic rings. The summed E-state index contributed by atoms with van der Waals surface area (Å²) in [4.78, 5) is 0. The molecule has 0 bridgehead atoms. The maximum Gasteiger partial charge on any atom is 0.187 e. The van der Waals surface area contributed by atoms with Crippen molar-refractivity contribution in [1.29, 1.82) is 0 Å². The number of para-hydroxylation sites is 1. The summed E-state index contributed by atoms with van der Waals surface area (Å²) in [5.74, 6) is 0.630. The van der Waals surface area contributed by atoms with Crippen LogP contribution in [0.15, 0.2) is 51.4 Å². The summed E-state index contributed by atoms with van der Waals surface area (Å²) in [7, 11) is 0. The number of halogens is 2. The van der Waals surface area contributed by atoms with E-state index in [4.69, 9.17) is 5.73 Å². The van der Waals surface area contributed by atoms with Gasteiger partial charge in [-0.15, -0.1) is 5.10 Å². The van der Waals surface area contributed by atoms with Gasteiger partial charge in [0.05, 0.1) is 5.69 Å². The highest BCUT2D eigenvalue weighted by Crippen LogP contribution is 2.31. The first-order valence-electron chi connectivity index (χ1n) is 5.75. The molecule has 0 saturated heterocycles. The standard InChI is InChI=1S/C13H9Br2N5/c14-10-5-2-6-11(15)12(10)20-13(17-18-19-20)8-3-1-4-9(16)7-8/h1-7H,16H2. The average Bonchev–Trinajstić information content (AvgIpc) is 2.87. The Kier molecular flexibility index (Phi) is 3.54. The number of nitrogens with zero attached hydrogens (tertiary/aromatic N) is 4. The molecule has 100 valence electrons. The van der Waals surface area contributed by atoms with Gasteiger partial charge in [0.25, 0.3) is 0 Å². The fourth-order valence-corrected chi connectivity index (χ4v) is 3.22. The van der Waals surface area contributed by atoms with E-state index in [0.29, 0.717) is 11.5 Å². The molecule has 0 aliphatic carbocycles. The predicted molar refractivity (Wildman–Crippen MR) is 84.4 cm³/mol. The fourth-order valence-electron chi connectivity index (χ4n) is 1.89. The molecule has 3 rings (SSSR count). The lowest BCUT2D eigenvalue weighted by molar-refractivity contribution is 0.786. The number of anilines is 1. The Morgan fingerprint density at radius 1 is 1.00 bits per heavy atom. The highest BCUT2D eigenvalue weighted by molar-refractivity contribution is 9.11. The molecule has 0 amide bonds. The van der Waals surface area contributed by atoms with Crippen molar-refractivity contribution in [2.75, 3.05) is 5.73 Å². The van der Waals surface area contributed by atoms with E-state index in [-0.39, 0.29) is 0 Å². The van der Waals surface area contributed by atoms with Crippen LogP contribution < -0.4 is 5.73 Å². The number of benzene rings is 2. The molecule has 1 aromatic heterocycles. The van der Waals surface area contributed by atoms with Gasteiger partial charge in [-0.25, -0.2) is 0 Å². The molecule has 2 N–H and O–H groups in total. The van der Waals surface area contributed by atoms with Crippen LogP contribution in [0.25, 0.3) is 17.1 Å². The molecule has 0 spiro atoms. The van der Waals surface area contributed by atoms with Gasteiger partial charge in [-0.1, -0.05) is 18.2 Å². The zero-order valence-electron chi connectivity index (χ0n) is 10.2. The van der Waals surface area contributed by atoms with Gasteiger partial charge in [0, 0.05) is 20.2 Å². The van der Waals surface area contributed by atoms with E-state index in [1.165, 1.54) is 0 Å². The van der Waals surface area contributed by atoms with E-state index in [1.54, 1.807) is 4.68 Å². The van der Waals surface area contributed by atoms with Crippen LogP contribution in [0.1, 0.15) is 0 Å². The number of hydrogen-bond donors (Lipinski definition) is 1. The van der Waals surface area contributed by atoms with E-state index in [0.717, 1.165) is 20.2 Å². The predicted octanol–water partition coefficient (Wildman–Crippen LogP) is 3.44. The number of nitrogen functional groups attached to an aromatic ring is 1. The molecule has 0 atom stereocenters. The normalized spacial score (nSPS) is 10.7. The van der Waals surface area contributed by atoms with Crippen LogP contribution in [0.5, 0.6) is 0 Å². The van der Waals surface area contributed by atoms with Gasteiger partial charge in [0.2, 0.25) is 0 Å². The molecule has 7 heteroatoms. The van der Waals surface area contributed by atoms with Crippen molar-refractivity contribution < 1.29 is 0 Å². The fraction of sp³-hybridized carbons (Fsp3) is 0. The average molecular weight is 395 g/mol. The third-order valence-electron chi connectivity index (χ3n) is 2.76. The summed E-state index contributed by atoms with van der Waals surface area (Å²) in [6.45, 7) is 0. The van der Waals surface area contributed by atoms with Crippen LogP contribution in [-0.2, 0) is 0 Å². The highest BCUT2D eigenvalue weighted by Gasteiger charge is 2.15. The smallest absolute Gasteiger partial charge is 0.187 e. The van der Waals surface area contributed by atoms with Crippen molar-refractivity contribution in [3.63, 3.8) is 0 Å². The Balaban J connectivity index is 2.21. The monoisotopic (exact) mass is 393 g/mol. The molecule has 0 unspecified atom stereocenters. The lowest BCUT2D eigenvalue weighted by Gasteiger charge is -2.09. The summed E-state index contributed by atoms with van der Waals surface area (Å²) in [5.41, 5.74) is 8.19. The van der Waals surface area contributed by atoms with Crippen molar-refractivity contribution in [2.45, 2.75) is 0 Å². The minimum absolute atomic E-state index is 0.630. The van der Waals surface area contributed by atoms with E-state index in [1.807, 2.05) is 42.5 Å². The summed E-state index contributed by atoms with van der Waals surface area (Å²) < 4.78 is 3.46. The van der Waals surface area contributed by atoms with Gasteiger partial charge in [-0.2, -0.15) is 4.68 Å². The first-order chi connectivity index (χ1) is 9.66. The van der Waals surface area contributed by atoms with Crippen molar-refractivity contribution in [3.05, 3.63) is 51.4 Å². The lowest BCUT2D eigenvalue weighted by Crippen LogP contribution is -2.02. The SMILES string of the molecule is Nc1cccc(-c2nnnn2-c2c(Br)cccc2Br)c1. The van der Waals surface area contributed by atoms with Gasteiger partial charge in [0.15, 0.2) is 5.82 Å². The van der Waals surface area contributed by atoms with Gasteiger partial charge in [-0.3, -0.25) is 0 Å². The Morgan fingerprint density at radius 2 is 1.70 bits per heavy atom. The Labute approximate surface area is 132 Å². The molecular weight excluding hydrogens is 386 g/mol. The lowest BCUT2D eigenvalue weighted by atomic mass is 10.2. The second-order valence-electron chi connectivity index (χ2n) is 4.11. The summed E-state index contributed by atoms with van der Waals surface area (Å²) in [6, 6.07) is 13.3. The number of hydrogen-bond acceptors (Lipinski definition) is 4. The van der Waals surface area contributed by atoms with Gasteiger partial charge in [-0.05, 0) is 66.6 Å². The van der Waals surface area contributed by atoms with Gasteiger partial charge < -0.3 is 5.73 Å². The van der Waals surface area contributed by atoms with E-state index < -0.39 is 0 Å². The van der Waals surface area contributed by atoms with Crippen LogP contribution in [0.3, 0.4) is 0 Å². The summed E-state index contributed by atoms with van der Waals surface area (Å²) >= 11 is 7.04. The molecule has 2 aromatic carbocycles. The zero-order chi connectivity index (χ0) is 14.1. The number of nitrogens with two attached hydrogens (primary N) is 1. The van der Waals surface area contributed by atoms with E-state index in [2.05, 4.69) is 47.4 Å². The molecule has 0 aliphatic heterocycles. The largest absolute Gasteiger partial charge is 0.399 e. The van der Waals surface area contributed by atoms with Crippen LogP contribution in [0.2, 0.25) is 0 Å². The first kappa shape index (κ1) is 13.3. The minimum Gasteiger partial charge on any atom is -0.399 e. The van der Waals surface area contributed by atoms with Crippen LogP contribution in [0.4, 0.5) is 5.69 Å². The molecule has 1 heterocycles. The van der Waals surface area contributed by atoms with E-state index in [9.17, 15) is 0 Å². The molecule has 0 aliphatic rings. The highest BCUT2D eigenvalue weighted by atomic mass is 79.9. The van der Waals surface area contributed by atoms with Gasteiger partial charge in [0.1, 0.15) is 0 Å². The van der Waals surface area contributed by atoms with Crippen LogP contribution in [0, 0.1) is 0 Å². The second kappa shape index (κ2) is 5.34. The Bertz CT molecular complexity index is 749. The summed E-state index contributed by atoms with van der Waals surface area (Å²) in [5, 5.41) is 11.9. The zero-order valence-corrected chi connectivity index (χ0v) is 13.3. The van der Waals surface area contributed by atoms with Gasteiger partial charge >= 0.3 is 0 Å². The second-order valence-corrected chi connectivity index (χ2v) is 5.82. The van der Waals surface area contributed by atoms with E-state index >= 15 is 0 Å². The Hall–Kier alpha value is -1.73. The number of aromatic nitrogens is 4. The Morgan fingerprint density at radius 3 is 2.40 bits per heavy atom. The number of rotatable bonds is 2. The molecule has 0 saturated carbocycles. The summed E-state index contributed by atoms with van der Waals surface area (Å²) in [6.07, 6.45) is 0. The van der Waals surface area contributed by atoms with Crippen molar-refractivity contribution in [3.8, 4) is 17.1 Å². The quantitative estimate of drug-likeness (QED) is 0.676. The topological polar surface area (TPSA) is 69.6 Å². The maximum absolute atomic E-state index is 5.82. The minimum atomic E-state index is 0.630. The van der Waals surface area contributed by atoms with Crippen molar-refractivity contribution in [1.82, 2.24) is 20.2 Å². The third-order valence-corrected chi connectivity index (χ3v) is 4.04. The van der Waals surface area contributed by atoms with Crippen molar-refractivity contribution in [2.24, 2.45) is 0 Å². The van der Waals surface area contributed by atoms with Crippen molar-refractivity contribution >= 4 is 37.5 Å². The van der Waals surface area contributed by atoms with Crippen LogP contribution in [-0.4, -0.2) is 20.2 Å². The first-order valence-corrected chi connectivity index (χ1v) is 7.34. The molecule has 5 nitrogen and oxygen atoms in total. The molecule has 0 fully saturated rings. The van der Waals surface area contributed by atoms with Crippen LogP contribution >= 0.6 is 31.9 Å². The molecule has 20 heavy (non-hydrogen) atoms. The molecule has 0 radical (unpaired) electrons. The molecular formula is C13H9Br2N5.